The van der Waals surface area contributed by atoms with Gasteiger partial charge in [0.2, 0.25) is 5.91 Å². The second-order valence-corrected chi connectivity index (χ2v) is 9.23. The Kier molecular flexibility index (Phi) is 5.46. The zero-order chi connectivity index (χ0) is 19.7. The minimum Gasteiger partial charge on any atom is -0.325 e. The summed E-state index contributed by atoms with van der Waals surface area (Å²) in [5, 5.41) is 4.90. The Morgan fingerprint density at radius 1 is 1.25 bits per heavy atom. The first-order valence-corrected chi connectivity index (χ1v) is 11.1. The maximum absolute atomic E-state index is 12.4. The molecular weight excluding hydrogens is 390 g/mol. The molecule has 7 heteroatoms. The number of benzene rings is 1. The minimum atomic E-state index is -0.0925. The Morgan fingerprint density at radius 2 is 2.04 bits per heavy atom. The summed E-state index contributed by atoms with van der Waals surface area (Å²) in [4.78, 5) is 35.1. The average Bonchev–Trinajstić information content (AvgIpc) is 3.04. The fourth-order valence-corrected chi connectivity index (χ4v) is 5.72. The molecule has 0 aliphatic heterocycles. The van der Waals surface area contributed by atoms with Crippen LogP contribution in [0.4, 0.5) is 5.69 Å². The third-order valence-electron chi connectivity index (χ3n) is 4.97. The smallest absolute Gasteiger partial charge is 0.234 e. The zero-order valence-corrected chi connectivity index (χ0v) is 17.5. The summed E-state index contributed by atoms with van der Waals surface area (Å²) in [7, 11) is 0. The lowest BCUT2D eigenvalue weighted by molar-refractivity contribution is -0.113. The number of aromatic nitrogens is 2. The van der Waals surface area contributed by atoms with Crippen LogP contribution in [-0.4, -0.2) is 27.4 Å². The highest BCUT2D eigenvalue weighted by Gasteiger charge is 2.23. The van der Waals surface area contributed by atoms with Gasteiger partial charge in [0, 0.05) is 21.5 Å². The van der Waals surface area contributed by atoms with E-state index in [0.717, 1.165) is 28.1 Å². The lowest BCUT2D eigenvalue weighted by Crippen LogP contribution is -2.14. The largest absolute Gasteiger partial charge is 0.325 e. The number of carbonyl (C=O) groups excluding carboxylic acids is 2. The quantitative estimate of drug-likeness (QED) is 0.373. The van der Waals surface area contributed by atoms with Gasteiger partial charge >= 0.3 is 0 Å². The van der Waals surface area contributed by atoms with Crippen molar-refractivity contribution in [2.45, 2.75) is 38.1 Å². The van der Waals surface area contributed by atoms with Crippen LogP contribution in [-0.2, 0) is 17.6 Å². The van der Waals surface area contributed by atoms with Gasteiger partial charge in [-0.05, 0) is 61.9 Å². The molecule has 0 bridgehead atoms. The van der Waals surface area contributed by atoms with E-state index in [-0.39, 0.29) is 17.4 Å². The van der Waals surface area contributed by atoms with Crippen molar-refractivity contribution in [3.63, 3.8) is 0 Å². The van der Waals surface area contributed by atoms with Crippen LogP contribution in [0.2, 0.25) is 0 Å². The second kappa shape index (κ2) is 8.01. The molecule has 0 unspecified atom stereocenters. The summed E-state index contributed by atoms with van der Waals surface area (Å²) in [6.07, 6.45) is 4.95. The number of fused-ring (bicyclic) bond motifs is 3. The molecule has 1 atom stereocenters. The van der Waals surface area contributed by atoms with Gasteiger partial charge in [0.15, 0.2) is 5.78 Å². The number of hydrogen-bond donors (Lipinski definition) is 1. The van der Waals surface area contributed by atoms with Crippen molar-refractivity contribution in [1.82, 2.24) is 9.97 Å². The monoisotopic (exact) mass is 411 g/mol. The van der Waals surface area contributed by atoms with Gasteiger partial charge in [0.1, 0.15) is 16.2 Å². The number of nitrogens with zero attached hydrogens (tertiary/aromatic N) is 2. The SMILES string of the molecule is CC(=O)c1ccc(NC(=O)CSc2ncnc3sc4c(c23)CC[C@@H](C)C4)cc1. The van der Waals surface area contributed by atoms with E-state index >= 15 is 0 Å². The standard InChI is InChI=1S/C21H21N3O2S2/c1-12-3-8-16-17(9-12)28-21-19(16)20(22-11-23-21)27-10-18(26)24-15-6-4-14(5-7-15)13(2)25/h4-7,11-12H,3,8-10H2,1-2H3,(H,24,26)/t12-/m1/s1. The Labute approximate surface area is 172 Å². The molecule has 5 nitrogen and oxygen atoms in total. The number of Topliss-reactive ketones (excluding diaryl/α,β-unsaturated/α-hetero) is 1. The highest BCUT2D eigenvalue weighted by molar-refractivity contribution is 8.00. The third kappa shape index (κ3) is 3.95. The lowest BCUT2D eigenvalue weighted by Gasteiger charge is -2.18. The summed E-state index contributed by atoms with van der Waals surface area (Å²) in [6.45, 7) is 3.82. The van der Waals surface area contributed by atoms with Gasteiger partial charge in [-0.1, -0.05) is 18.7 Å². The number of thiophene rings is 1. The molecule has 2 aromatic heterocycles. The highest BCUT2D eigenvalue weighted by Crippen LogP contribution is 2.40. The summed E-state index contributed by atoms with van der Waals surface area (Å²) in [6, 6.07) is 6.94. The predicted octanol–water partition coefficient (Wildman–Crippen LogP) is 4.75. The summed E-state index contributed by atoms with van der Waals surface area (Å²) < 4.78 is 0. The van der Waals surface area contributed by atoms with Gasteiger partial charge < -0.3 is 5.32 Å². The molecule has 0 radical (unpaired) electrons. The van der Waals surface area contributed by atoms with Crippen LogP contribution in [0.1, 0.15) is 41.1 Å². The number of hydrogen-bond acceptors (Lipinski definition) is 6. The summed E-state index contributed by atoms with van der Waals surface area (Å²) >= 11 is 3.22. The molecule has 1 N–H and O–H groups in total. The Hall–Kier alpha value is -2.25. The molecular formula is C21H21N3O2S2. The fraction of sp³-hybridized carbons (Fsp3) is 0.333. The third-order valence-corrected chi connectivity index (χ3v) is 7.12. The van der Waals surface area contributed by atoms with Gasteiger partial charge in [-0.2, -0.15) is 0 Å². The van der Waals surface area contributed by atoms with Crippen LogP contribution in [0.5, 0.6) is 0 Å². The van der Waals surface area contributed by atoms with Crippen LogP contribution >= 0.6 is 23.1 Å². The molecule has 4 rings (SSSR count). The molecule has 2 heterocycles. The molecule has 0 fully saturated rings. The minimum absolute atomic E-state index is 0.00898. The number of amides is 1. The van der Waals surface area contributed by atoms with Crippen LogP contribution < -0.4 is 5.32 Å². The molecule has 28 heavy (non-hydrogen) atoms. The van der Waals surface area contributed by atoms with Crippen molar-refractivity contribution < 1.29 is 9.59 Å². The summed E-state index contributed by atoms with van der Waals surface area (Å²) in [5.74, 6) is 0.909. The van der Waals surface area contributed by atoms with E-state index in [9.17, 15) is 9.59 Å². The van der Waals surface area contributed by atoms with Crippen molar-refractivity contribution in [2.75, 3.05) is 11.1 Å². The molecule has 0 spiro atoms. The van der Waals surface area contributed by atoms with Crippen LogP contribution in [0.15, 0.2) is 35.6 Å². The Balaban J connectivity index is 1.46. The first-order chi connectivity index (χ1) is 13.5. The summed E-state index contributed by atoms with van der Waals surface area (Å²) in [5.41, 5.74) is 2.69. The number of carbonyl (C=O) groups is 2. The maximum atomic E-state index is 12.4. The zero-order valence-electron chi connectivity index (χ0n) is 15.8. The second-order valence-electron chi connectivity index (χ2n) is 7.18. The molecule has 1 aliphatic carbocycles. The van der Waals surface area contributed by atoms with Gasteiger partial charge in [-0.15, -0.1) is 11.3 Å². The normalized spacial score (nSPS) is 16.0. The van der Waals surface area contributed by atoms with E-state index in [4.69, 9.17) is 0 Å². The molecule has 1 aliphatic rings. The first kappa shape index (κ1) is 19.1. The van der Waals surface area contributed by atoms with Crippen LogP contribution in [0.3, 0.4) is 0 Å². The number of anilines is 1. The van der Waals surface area contributed by atoms with Crippen molar-refractivity contribution in [3.8, 4) is 0 Å². The topological polar surface area (TPSA) is 72.0 Å². The van der Waals surface area contributed by atoms with E-state index in [0.29, 0.717) is 17.2 Å². The van der Waals surface area contributed by atoms with Crippen LogP contribution in [0.25, 0.3) is 10.2 Å². The van der Waals surface area contributed by atoms with E-state index in [2.05, 4.69) is 22.2 Å². The maximum Gasteiger partial charge on any atom is 0.234 e. The molecule has 144 valence electrons. The number of nitrogens with one attached hydrogen (secondary N) is 1. The van der Waals surface area contributed by atoms with Crippen LogP contribution in [0, 0.1) is 5.92 Å². The first-order valence-electron chi connectivity index (χ1n) is 9.30. The Morgan fingerprint density at radius 3 is 2.79 bits per heavy atom. The van der Waals surface area contributed by atoms with E-state index < -0.39 is 0 Å². The predicted molar refractivity (Wildman–Crippen MR) is 114 cm³/mol. The Bertz CT molecular complexity index is 1040. The van der Waals surface area contributed by atoms with E-state index in [1.54, 1.807) is 41.9 Å². The number of aryl methyl sites for hydroxylation is 1. The van der Waals surface area contributed by atoms with Crippen molar-refractivity contribution >= 4 is 50.7 Å². The number of ketones is 1. The molecule has 1 amide bonds. The molecule has 3 aromatic rings. The number of thioether (sulfide) groups is 1. The van der Waals surface area contributed by atoms with Crippen molar-refractivity contribution in [1.29, 1.82) is 0 Å². The molecule has 0 saturated carbocycles. The molecule has 0 saturated heterocycles. The van der Waals surface area contributed by atoms with Crippen molar-refractivity contribution in [3.05, 3.63) is 46.6 Å². The lowest BCUT2D eigenvalue weighted by atomic mass is 9.89. The van der Waals surface area contributed by atoms with Gasteiger partial charge in [-0.25, -0.2) is 9.97 Å². The van der Waals surface area contributed by atoms with E-state index in [1.807, 2.05) is 0 Å². The van der Waals surface area contributed by atoms with E-state index in [1.165, 1.54) is 35.5 Å². The van der Waals surface area contributed by atoms with Gasteiger partial charge in [0.05, 0.1) is 5.75 Å². The number of rotatable bonds is 5. The van der Waals surface area contributed by atoms with Gasteiger partial charge in [-0.3, -0.25) is 9.59 Å². The highest BCUT2D eigenvalue weighted by atomic mass is 32.2. The average molecular weight is 412 g/mol. The van der Waals surface area contributed by atoms with Crippen molar-refractivity contribution in [2.24, 2.45) is 5.92 Å². The van der Waals surface area contributed by atoms with Gasteiger partial charge in [0.25, 0.3) is 0 Å². The molecule has 1 aromatic carbocycles. The fourth-order valence-electron chi connectivity index (χ4n) is 3.47.